The maximum absolute atomic E-state index is 12.3. The van der Waals surface area contributed by atoms with Gasteiger partial charge in [-0.2, -0.15) is 0 Å². The number of carbonyl (C=O) groups excluding carboxylic acids is 1. The number of piperidine rings is 1. The first-order chi connectivity index (χ1) is 13.7. The molecule has 0 bridgehead atoms. The molecule has 0 aromatic heterocycles. The lowest BCUT2D eigenvalue weighted by molar-refractivity contribution is -0.0338. The number of halogens is 2. The van der Waals surface area contributed by atoms with Gasteiger partial charge in [-0.15, -0.1) is 0 Å². The third-order valence-corrected chi connectivity index (χ3v) is 5.27. The van der Waals surface area contributed by atoms with E-state index in [1.54, 1.807) is 4.90 Å². The van der Waals surface area contributed by atoms with Gasteiger partial charge in [-0.25, -0.2) is 4.79 Å². The van der Waals surface area contributed by atoms with Crippen molar-refractivity contribution in [3.8, 4) is 0 Å². The number of amides is 1. The fraction of sp³-hybridized carbons (Fsp3) is 0.435. The zero-order valence-electron chi connectivity index (χ0n) is 17.0. The Morgan fingerprint density at radius 1 is 0.931 bits per heavy atom. The summed E-state index contributed by atoms with van der Waals surface area (Å²) in [5.74, 6) is 0. The summed E-state index contributed by atoms with van der Waals surface area (Å²) < 4.78 is 12.0. The Kier molecular flexibility index (Phi) is 7.10. The molecule has 0 spiro atoms. The van der Waals surface area contributed by atoms with Crippen molar-refractivity contribution in [3.63, 3.8) is 0 Å². The molecule has 3 rings (SSSR count). The molecule has 1 fully saturated rings. The molecule has 1 aliphatic rings. The SMILES string of the molecule is CC(C)(C)OC(=O)N1CCC(OC(c2ccc(Cl)cc2)c2ccc(Cl)cc2)CC1. The summed E-state index contributed by atoms with van der Waals surface area (Å²) in [6.07, 6.45) is 1.09. The van der Waals surface area contributed by atoms with E-state index in [4.69, 9.17) is 32.7 Å². The van der Waals surface area contributed by atoms with Crippen molar-refractivity contribution >= 4 is 29.3 Å². The van der Waals surface area contributed by atoms with Crippen molar-refractivity contribution in [3.05, 3.63) is 69.7 Å². The van der Waals surface area contributed by atoms with Crippen molar-refractivity contribution < 1.29 is 14.3 Å². The van der Waals surface area contributed by atoms with Gasteiger partial charge in [-0.1, -0.05) is 47.5 Å². The summed E-state index contributed by atoms with van der Waals surface area (Å²) in [6.45, 7) is 6.87. The monoisotopic (exact) mass is 435 g/mol. The van der Waals surface area contributed by atoms with Gasteiger partial charge in [0.05, 0.1) is 6.10 Å². The minimum atomic E-state index is -0.487. The summed E-state index contributed by atoms with van der Waals surface area (Å²) in [7, 11) is 0. The number of hydrogen-bond acceptors (Lipinski definition) is 3. The molecule has 1 heterocycles. The third-order valence-electron chi connectivity index (χ3n) is 4.77. The number of nitrogens with zero attached hydrogens (tertiary/aromatic N) is 1. The van der Waals surface area contributed by atoms with Crippen LogP contribution in [0.25, 0.3) is 0 Å². The van der Waals surface area contributed by atoms with Crippen LogP contribution in [-0.2, 0) is 9.47 Å². The fourth-order valence-electron chi connectivity index (χ4n) is 3.32. The highest BCUT2D eigenvalue weighted by molar-refractivity contribution is 6.30. The molecule has 29 heavy (non-hydrogen) atoms. The van der Waals surface area contributed by atoms with E-state index in [9.17, 15) is 4.79 Å². The zero-order chi connectivity index (χ0) is 21.0. The van der Waals surface area contributed by atoms with Crippen LogP contribution in [0.1, 0.15) is 50.8 Å². The lowest BCUT2D eigenvalue weighted by atomic mass is 10.00. The Morgan fingerprint density at radius 2 is 1.38 bits per heavy atom. The van der Waals surface area contributed by atoms with Gasteiger partial charge in [0.1, 0.15) is 11.7 Å². The summed E-state index contributed by atoms with van der Waals surface area (Å²) >= 11 is 12.1. The lowest BCUT2D eigenvalue weighted by Gasteiger charge is -2.35. The number of hydrogen-bond donors (Lipinski definition) is 0. The van der Waals surface area contributed by atoms with Crippen LogP contribution in [-0.4, -0.2) is 35.8 Å². The van der Waals surface area contributed by atoms with Gasteiger partial charge in [0.2, 0.25) is 0 Å². The number of rotatable bonds is 4. The molecule has 2 aromatic carbocycles. The van der Waals surface area contributed by atoms with Crippen molar-refractivity contribution in [2.24, 2.45) is 0 Å². The average Bonchev–Trinajstić information content (AvgIpc) is 2.67. The predicted octanol–water partition coefficient (Wildman–Crippen LogP) is 6.50. The Labute approximate surface area is 182 Å². The van der Waals surface area contributed by atoms with Gasteiger partial charge >= 0.3 is 6.09 Å². The molecule has 1 aliphatic heterocycles. The first-order valence-corrected chi connectivity index (χ1v) is 10.6. The van der Waals surface area contributed by atoms with E-state index in [0.717, 1.165) is 24.0 Å². The summed E-state index contributed by atoms with van der Waals surface area (Å²) in [5, 5.41) is 1.38. The van der Waals surface area contributed by atoms with Gasteiger partial charge in [-0.05, 0) is 69.0 Å². The largest absolute Gasteiger partial charge is 0.444 e. The predicted molar refractivity (Wildman–Crippen MR) is 117 cm³/mol. The molecular formula is C23H27Cl2NO3. The molecule has 0 N–H and O–H groups in total. The van der Waals surface area contributed by atoms with Crippen LogP contribution >= 0.6 is 23.2 Å². The number of ether oxygens (including phenoxy) is 2. The fourth-order valence-corrected chi connectivity index (χ4v) is 3.57. The van der Waals surface area contributed by atoms with Crippen LogP contribution in [0.15, 0.2) is 48.5 Å². The van der Waals surface area contributed by atoms with Crippen LogP contribution in [0.2, 0.25) is 10.0 Å². The Bertz CT molecular complexity index is 762. The van der Waals surface area contributed by atoms with Crippen molar-refractivity contribution in [1.82, 2.24) is 4.90 Å². The first-order valence-electron chi connectivity index (χ1n) is 9.85. The standard InChI is InChI=1S/C23H27Cl2NO3/c1-23(2,3)29-22(27)26-14-12-20(13-15-26)28-21(16-4-8-18(24)9-5-16)17-6-10-19(25)11-7-17/h4-11,20-21H,12-15H2,1-3H3. The lowest BCUT2D eigenvalue weighted by Crippen LogP contribution is -2.43. The molecule has 0 aliphatic carbocycles. The van der Waals surface area contributed by atoms with E-state index in [1.165, 1.54) is 0 Å². The maximum atomic E-state index is 12.3. The van der Waals surface area contributed by atoms with Crippen molar-refractivity contribution in [1.29, 1.82) is 0 Å². The highest BCUT2D eigenvalue weighted by Crippen LogP contribution is 2.31. The summed E-state index contributed by atoms with van der Waals surface area (Å²) in [5.41, 5.74) is 1.58. The third kappa shape index (κ3) is 6.36. The number of likely N-dealkylation sites (tertiary alicyclic amines) is 1. The van der Waals surface area contributed by atoms with Crippen LogP contribution in [0.4, 0.5) is 4.79 Å². The zero-order valence-corrected chi connectivity index (χ0v) is 18.5. The van der Waals surface area contributed by atoms with E-state index in [-0.39, 0.29) is 18.3 Å². The molecule has 0 unspecified atom stereocenters. The molecule has 1 amide bonds. The molecule has 156 valence electrons. The second-order valence-corrected chi connectivity index (χ2v) is 9.16. The minimum Gasteiger partial charge on any atom is -0.444 e. The second-order valence-electron chi connectivity index (χ2n) is 8.29. The Morgan fingerprint density at radius 3 is 1.79 bits per heavy atom. The van der Waals surface area contributed by atoms with Crippen LogP contribution in [0.5, 0.6) is 0 Å². The van der Waals surface area contributed by atoms with Gasteiger partial charge in [0, 0.05) is 23.1 Å². The molecule has 6 heteroatoms. The maximum Gasteiger partial charge on any atom is 0.410 e. The van der Waals surface area contributed by atoms with Gasteiger partial charge in [0.25, 0.3) is 0 Å². The molecule has 1 saturated heterocycles. The van der Waals surface area contributed by atoms with Gasteiger partial charge < -0.3 is 14.4 Å². The van der Waals surface area contributed by atoms with Crippen LogP contribution < -0.4 is 0 Å². The molecule has 0 saturated carbocycles. The minimum absolute atomic E-state index is 0.0463. The Balaban J connectivity index is 1.68. The van der Waals surface area contributed by atoms with Gasteiger partial charge in [0.15, 0.2) is 0 Å². The normalized spacial score (nSPS) is 15.6. The molecule has 0 radical (unpaired) electrons. The van der Waals surface area contributed by atoms with E-state index < -0.39 is 5.60 Å². The molecule has 4 nitrogen and oxygen atoms in total. The van der Waals surface area contributed by atoms with Crippen molar-refractivity contribution in [2.75, 3.05) is 13.1 Å². The average molecular weight is 436 g/mol. The summed E-state index contributed by atoms with van der Waals surface area (Å²) in [6, 6.07) is 15.4. The first kappa shape index (κ1) is 21.9. The summed E-state index contributed by atoms with van der Waals surface area (Å²) in [4.78, 5) is 14.0. The Hall–Kier alpha value is -1.75. The smallest absolute Gasteiger partial charge is 0.410 e. The van der Waals surface area contributed by atoms with Crippen LogP contribution in [0.3, 0.4) is 0 Å². The number of benzene rings is 2. The topological polar surface area (TPSA) is 38.8 Å². The van der Waals surface area contributed by atoms with E-state index in [1.807, 2.05) is 69.3 Å². The quantitative estimate of drug-likeness (QED) is 0.549. The van der Waals surface area contributed by atoms with E-state index in [2.05, 4.69) is 0 Å². The van der Waals surface area contributed by atoms with Crippen molar-refractivity contribution in [2.45, 2.75) is 51.4 Å². The highest BCUT2D eigenvalue weighted by Gasteiger charge is 2.29. The molecule has 0 atom stereocenters. The van der Waals surface area contributed by atoms with Crippen LogP contribution in [0, 0.1) is 0 Å². The van der Waals surface area contributed by atoms with E-state index >= 15 is 0 Å². The number of carbonyl (C=O) groups is 1. The van der Waals surface area contributed by atoms with E-state index in [0.29, 0.717) is 23.1 Å². The molecule has 2 aromatic rings. The van der Waals surface area contributed by atoms with Gasteiger partial charge in [-0.3, -0.25) is 0 Å². The second kappa shape index (κ2) is 9.38. The molecular weight excluding hydrogens is 409 g/mol. The highest BCUT2D eigenvalue weighted by atomic mass is 35.5.